The van der Waals surface area contributed by atoms with E-state index in [4.69, 9.17) is 61.8 Å². The second-order valence-corrected chi connectivity index (χ2v) is 45.2. The summed E-state index contributed by atoms with van der Waals surface area (Å²) < 4.78 is 42.9. The predicted octanol–water partition coefficient (Wildman–Crippen LogP) is 24.1. The number of carboxylic acid groups (broad SMARTS) is 1. The van der Waals surface area contributed by atoms with Crippen LogP contribution in [0.25, 0.3) is 4.85 Å². The number of nitrogen functional groups attached to an aromatic ring is 1. The summed E-state index contributed by atoms with van der Waals surface area (Å²) in [4.78, 5) is 123. The Kier molecular flexibility index (Phi) is 49.6. The molecule has 5 aromatic carbocycles. The average molecular weight is 2110 g/mol. The van der Waals surface area contributed by atoms with Crippen LogP contribution >= 0.6 is 11.6 Å². The van der Waals surface area contributed by atoms with E-state index in [1.54, 1.807) is 26.0 Å². The van der Waals surface area contributed by atoms with Gasteiger partial charge in [-0.05, 0) is 240 Å². The van der Waals surface area contributed by atoms with Crippen molar-refractivity contribution in [2.75, 3.05) is 161 Å². The average Bonchev–Trinajstić information content (AvgIpc) is 0.761. The van der Waals surface area contributed by atoms with E-state index in [1.165, 1.54) is 21.3 Å². The minimum atomic E-state index is -0.822. The quantitative estimate of drug-likeness (QED) is 0.00550. The van der Waals surface area contributed by atoms with Gasteiger partial charge in [-0.15, -0.1) is 0 Å². The highest BCUT2D eigenvalue weighted by molar-refractivity contribution is 6.63. The van der Waals surface area contributed by atoms with E-state index in [9.17, 15) is 58.9 Å². The number of aliphatic carboxylic acids is 1. The van der Waals surface area contributed by atoms with Crippen molar-refractivity contribution in [3.05, 3.63) is 150 Å². The lowest BCUT2D eigenvalue weighted by Gasteiger charge is -2.41. The van der Waals surface area contributed by atoms with Gasteiger partial charge < -0.3 is 88.7 Å². The van der Waals surface area contributed by atoms with Gasteiger partial charge >= 0.3 is 23.9 Å². The number of esters is 3. The van der Waals surface area contributed by atoms with Crippen molar-refractivity contribution >= 4 is 109 Å². The van der Waals surface area contributed by atoms with E-state index < -0.39 is 33.2 Å². The molecule has 0 unspecified atom stereocenters. The Morgan fingerprint density at radius 1 is 0.387 bits per heavy atom. The molecule has 5 N–H and O–H groups in total. The van der Waals surface area contributed by atoms with Gasteiger partial charge in [0.15, 0.2) is 0 Å². The number of anilines is 8. The largest absolute Gasteiger partial charge is 0.481 e. The van der Waals surface area contributed by atoms with Crippen LogP contribution in [0.1, 0.15) is 321 Å². The molecule has 5 saturated heterocycles. The minimum absolute atomic E-state index is 0. The molecule has 15 rings (SSSR count). The summed E-state index contributed by atoms with van der Waals surface area (Å²) in [5.74, 6) is 0.480. The monoisotopic (exact) mass is 2110 g/mol. The van der Waals surface area contributed by atoms with Gasteiger partial charge in [-0.25, -0.2) is 6.57 Å². The lowest BCUT2D eigenvalue weighted by molar-refractivity contribution is -0.384. The van der Waals surface area contributed by atoms with E-state index in [-0.39, 0.29) is 108 Å². The van der Waals surface area contributed by atoms with Crippen LogP contribution in [0.5, 0.6) is 0 Å². The summed E-state index contributed by atoms with van der Waals surface area (Å²) in [6.07, 6.45) is 21.8. The molecular weight excluding hydrogens is 1930 g/mol. The molecule has 32 heteroatoms. The van der Waals surface area contributed by atoms with E-state index in [1.807, 2.05) is 82.3 Å². The first-order valence-electron chi connectivity index (χ1n) is 54.2. The Morgan fingerprint density at radius 3 is 0.840 bits per heavy atom. The first-order valence-corrected chi connectivity index (χ1v) is 54.5. The molecule has 0 bridgehead atoms. The maximum Gasteiger partial charge on any atom is 0.316 e. The van der Waals surface area contributed by atoms with E-state index in [0.717, 1.165) is 264 Å². The third-order valence-corrected chi connectivity index (χ3v) is 31.4. The van der Waals surface area contributed by atoms with Crippen molar-refractivity contribution < 1.29 is 86.4 Å². The predicted molar refractivity (Wildman–Crippen MR) is 601 cm³/mol. The van der Waals surface area contributed by atoms with Gasteiger partial charge in [0.1, 0.15) is 11.4 Å². The second-order valence-electron chi connectivity index (χ2n) is 44.9. The SMILES string of the molecule is C.C.C.CC(C)C(=O)Cl.CC(C)CN(c1ccc(C2(C(=O)O)CCC2)cc1NC(=O)C(C)C)C1CCOCC1.COC(=O)C1(c2ccc(N(CC(C)C)C3CCOCC3)c(N)c2)CCC1.COC(=O)C1(c2ccc(N(CC(C)C)C3CCOCC3)c(NC(=O)C(C)C)c2)CCC1.COC(=O)C1(c2ccc(N(CC(C)C)C3CCOCC3)c([N+](=O)[O-])c2)CCC1.[C-]#[N+]C1(c2ccc(N(CC(C)C)C3CCOCC3)c([N+](=O)[O-])c2)CCC1. The summed E-state index contributed by atoms with van der Waals surface area (Å²) in [5.41, 5.74) is 14.4. The molecule has 31 nitrogen and oxygen atoms in total. The molecular formula is C118H182ClN11O20. The maximum atomic E-state index is 12.7. The first kappa shape index (κ1) is 127. The molecule has 0 atom stereocenters. The lowest BCUT2D eigenvalue weighted by atomic mass is 9.64. The number of nitro benzene ring substituents is 2. The number of rotatable bonds is 36. The fourth-order valence-electron chi connectivity index (χ4n) is 21.8. The number of benzene rings is 5. The maximum absolute atomic E-state index is 12.7. The molecule has 5 saturated carbocycles. The van der Waals surface area contributed by atoms with Crippen LogP contribution in [0.3, 0.4) is 0 Å². The summed E-state index contributed by atoms with van der Waals surface area (Å²) in [6.45, 7) is 52.0. The van der Waals surface area contributed by atoms with Gasteiger partial charge in [0, 0.05) is 177 Å². The Hall–Kier alpha value is -10.2. The fourth-order valence-corrected chi connectivity index (χ4v) is 21.8. The zero-order valence-corrected chi connectivity index (χ0v) is 91.9. The van der Waals surface area contributed by atoms with Gasteiger partial charge in [0.05, 0.1) is 87.0 Å². The highest BCUT2D eigenvalue weighted by Gasteiger charge is 2.53. The van der Waals surface area contributed by atoms with Gasteiger partial charge in [-0.3, -0.25) is 53.8 Å². The zero-order valence-electron chi connectivity index (χ0n) is 91.2. The normalized spacial score (nSPS) is 18.4. The van der Waals surface area contributed by atoms with Crippen LogP contribution in [-0.2, 0) is 98.7 Å². The number of ether oxygens (including phenoxy) is 8. The number of carbonyl (C=O) groups excluding carboxylic acids is 6. The number of hydrogen-bond acceptors (Lipinski definition) is 25. The van der Waals surface area contributed by atoms with Crippen molar-refractivity contribution in [2.24, 2.45) is 47.3 Å². The van der Waals surface area contributed by atoms with Crippen LogP contribution in [0.15, 0.2) is 91.0 Å². The number of nitrogens with one attached hydrogen (secondary N) is 2. The molecule has 0 radical (unpaired) electrons. The highest BCUT2D eigenvalue weighted by atomic mass is 35.5. The topological polar surface area (TPSA) is 370 Å². The lowest BCUT2D eigenvalue weighted by Crippen LogP contribution is -2.44. The smallest absolute Gasteiger partial charge is 0.316 e. The van der Waals surface area contributed by atoms with Crippen LogP contribution in [-0.4, -0.2) is 206 Å². The van der Waals surface area contributed by atoms with Gasteiger partial charge in [-0.2, -0.15) is 0 Å². The number of halogens is 1. The van der Waals surface area contributed by atoms with Crippen LogP contribution in [0, 0.1) is 74.1 Å². The minimum Gasteiger partial charge on any atom is -0.481 e. The van der Waals surface area contributed by atoms with Crippen molar-refractivity contribution in [3.63, 3.8) is 0 Å². The number of hydrogen-bond donors (Lipinski definition) is 4. The summed E-state index contributed by atoms with van der Waals surface area (Å²) in [5, 5.41) is 39.7. The molecule has 10 aliphatic rings. The van der Waals surface area contributed by atoms with E-state index in [0.29, 0.717) is 117 Å². The van der Waals surface area contributed by atoms with E-state index >= 15 is 0 Å². The Balaban J connectivity index is 0.000000249. The summed E-state index contributed by atoms with van der Waals surface area (Å²) in [6, 6.07) is 30.6. The molecule has 5 aliphatic carbocycles. The highest BCUT2D eigenvalue weighted by Crippen LogP contribution is 2.53. The molecule has 5 aliphatic heterocycles. The van der Waals surface area contributed by atoms with Crippen molar-refractivity contribution in [1.29, 1.82) is 0 Å². The van der Waals surface area contributed by atoms with Crippen LogP contribution in [0.4, 0.5) is 56.9 Å². The molecule has 5 aromatic rings. The van der Waals surface area contributed by atoms with Crippen LogP contribution in [0.2, 0.25) is 0 Å². The number of methoxy groups -OCH3 is 3. The summed E-state index contributed by atoms with van der Waals surface area (Å²) >= 11 is 4.97. The Morgan fingerprint density at radius 2 is 0.620 bits per heavy atom. The molecule has 0 spiro atoms. The van der Waals surface area contributed by atoms with Gasteiger partial charge in [-0.1, -0.05) is 183 Å². The van der Waals surface area contributed by atoms with E-state index in [2.05, 4.69) is 133 Å². The Bertz CT molecular complexity index is 5220. The summed E-state index contributed by atoms with van der Waals surface area (Å²) in [7, 11) is 4.30. The van der Waals surface area contributed by atoms with Crippen molar-refractivity contribution in [2.45, 2.75) is 351 Å². The van der Waals surface area contributed by atoms with Crippen molar-refractivity contribution in [3.8, 4) is 0 Å². The number of carboxylic acids is 1. The molecule has 10 fully saturated rings. The van der Waals surface area contributed by atoms with Gasteiger partial charge in [0.25, 0.3) is 16.9 Å². The Labute approximate surface area is 900 Å². The first-order chi connectivity index (χ1) is 70.0. The standard InChI is InChI=1S/C25H38N2O4.C24H36N2O4.C21H30N2O5.C21H32N2O3.C20H27N3O3.C4H7ClO.3CH4/c1-17(2)16-27(20-9-13-31-14-10-20)22-8-7-19(15-21(22)26-23(28)18(3)4)25(11-6-12-25)24(29)30-5;1-16(2)15-26(19-8-12-30-13-9-19)21-7-6-18(24(23(28)29)10-5-11-24)14-20(21)25-22(27)17(3)4;1-15(2)14-22(17-7-11-28-12-8-17)18-6-5-16(13-19(18)23(25)26)21(9-4-10-21)20(24)27-3;1-15(2)14-23(17-7-11-26-12-8-17)19-6-5-16(13-18(19)22)21(9-4-10-21)20(24)25-3;1-15(2)14-22(17-7-11-26-12-8-17)18-6-5-16(13-19(18)23(24)25)20(21-3)9-4-10-20;1-3(2)4(5)6;;;/h7-8,15,17-18,20H,6,9-14,16H2,1-5H3,(H,26,28);6-7,14,16-17,19H,5,8-13,15H2,1-4H3,(H,25,27)(H,28,29);5-6,13,15,17H,4,7-12,14H2,1-3H3;5-6,13,15,17H,4,7-12,14,22H2,1-3H3;5-6,13,15,17H,4,7-12,14H2,1-2H3;3H,1-2H3;3*1H4. The number of nitro groups is 2. The molecule has 5 heterocycles. The molecule has 836 valence electrons. The number of nitrogens with zero attached hydrogens (tertiary/aromatic N) is 8. The second kappa shape index (κ2) is 58.7. The fraction of sp³-hybridized carbons (Fsp3) is 0.678. The van der Waals surface area contributed by atoms with Crippen molar-refractivity contribution in [1.82, 2.24) is 0 Å². The van der Waals surface area contributed by atoms with Crippen LogP contribution < -0.4 is 40.9 Å². The number of nitrogens with two attached hydrogens (primary N) is 1. The number of carbonyl (C=O) groups is 7. The third-order valence-electron chi connectivity index (χ3n) is 31.0. The molecule has 150 heavy (non-hydrogen) atoms. The third kappa shape index (κ3) is 31.6. The molecule has 2 amide bonds. The zero-order chi connectivity index (χ0) is 107. The van der Waals surface area contributed by atoms with Gasteiger partial charge in [0.2, 0.25) is 17.1 Å². The molecule has 0 aromatic heterocycles. The number of amides is 2.